The normalized spacial score (nSPS) is 13.9. The molecule has 0 atom stereocenters. The third-order valence-corrected chi connectivity index (χ3v) is 6.39. The van der Waals surface area contributed by atoms with Gasteiger partial charge in [0, 0.05) is 11.4 Å². The molecule has 3 aromatic carbocycles. The number of hydrogen-bond acceptors (Lipinski definition) is 7. The van der Waals surface area contributed by atoms with Crippen LogP contribution < -0.4 is 20.1 Å². The lowest BCUT2D eigenvalue weighted by Crippen LogP contribution is -2.36. The minimum absolute atomic E-state index is 0.150. The van der Waals surface area contributed by atoms with Crippen LogP contribution in [0.15, 0.2) is 71.6 Å². The van der Waals surface area contributed by atoms with Crippen LogP contribution in [0, 0.1) is 12.7 Å². The van der Waals surface area contributed by atoms with Gasteiger partial charge in [-0.25, -0.2) is 4.39 Å². The number of ether oxygens (including phenoxy) is 2. The SMILES string of the molecule is COc1cc(/C=C2\SC(=O)N(CC(=O)Nc3ccc(C)cc3)C2=O)ccc1OCC(=O)Nc1ccc(F)cc1. The zero-order chi connectivity index (χ0) is 27.9. The first-order valence-corrected chi connectivity index (χ1v) is 12.5. The number of hydrogen-bond donors (Lipinski definition) is 2. The van der Waals surface area contributed by atoms with Crippen LogP contribution in [0.5, 0.6) is 11.5 Å². The van der Waals surface area contributed by atoms with Gasteiger partial charge in [0.05, 0.1) is 12.0 Å². The van der Waals surface area contributed by atoms with E-state index in [1.165, 1.54) is 37.5 Å². The summed E-state index contributed by atoms with van der Waals surface area (Å²) in [6.45, 7) is 1.19. The van der Waals surface area contributed by atoms with Crippen molar-refractivity contribution >= 4 is 52.2 Å². The van der Waals surface area contributed by atoms with Gasteiger partial charge in [-0.05, 0) is 78.9 Å². The number of nitrogens with zero attached hydrogens (tertiary/aromatic N) is 1. The van der Waals surface area contributed by atoms with Crippen molar-refractivity contribution in [2.24, 2.45) is 0 Å². The Balaban J connectivity index is 1.37. The number of halogens is 1. The number of amides is 4. The summed E-state index contributed by atoms with van der Waals surface area (Å²) < 4.78 is 23.9. The average molecular weight is 550 g/mol. The molecule has 11 heteroatoms. The molecule has 1 saturated heterocycles. The first kappa shape index (κ1) is 27.4. The molecule has 1 aliphatic rings. The van der Waals surface area contributed by atoms with E-state index in [1.54, 1.807) is 30.3 Å². The summed E-state index contributed by atoms with van der Waals surface area (Å²) in [4.78, 5) is 50.9. The molecule has 1 heterocycles. The van der Waals surface area contributed by atoms with E-state index in [2.05, 4.69) is 10.6 Å². The van der Waals surface area contributed by atoms with Crippen LogP contribution in [0.2, 0.25) is 0 Å². The highest BCUT2D eigenvalue weighted by Gasteiger charge is 2.36. The summed E-state index contributed by atoms with van der Waals surface area (Å²) in [6.07, 6.45) is 1.51. The van der Waals surface area contributed by atoms with Crippen LogP contribution in [0.25, 0.3) is 6.08 Å². The number of carbonyl (C=O) groups excluding carboxylic acids is 4. The van der Waals surface area contributed by atoms with Crippen LogP contribution in [0.4, 0.5) is 20.6 Å². The average Bonchev–Trinajstić information content (AvgIpc) is 3.17. The van der Waals surface area contributed by atoms with E-state index in [1.807, 2.05) is 19.1 Å². The van der Waals surface area contributed by atoms with E-state index in [0.717, 1.165) is 22.2 Å². The first-order chi connectivity index (χ1) is 18.7. The van der Waals surface area contributed by atoms with Crippen LogP contribution in [0.3, 0.4) is 0 Å². The molecule has 4 rings (SSSR count). The number of imide groups is 1. The molecule has 3 aromatic rings. The van der Waals surface area contributed by atoms with Gasteiger partial charge in [-0.1, -0.05) is 23.8 Å². The first-order valence-electron chi connectivity index (χ1n) is 11.7. The Bertz CT molecular complexity index is 1440. The molecule has 4 amide bonds. The van der Waals surface area contributed by atoms with Gasteiger partial charge >= 0.3 is 0 Å². The summed E-state index contributed by atoms with van der Waals surface area (Å²) in [6, 6.07) is 17.3. The minimum atomic E-state index is -0.583. The van der Waals surface area contributed by atoms with Crippen LogP contribution in [0.1, 0.15) is 11.1 Å². The third kappa shape index (κ3) is 7.23. The molecule has 2 N–H and O–H groups in total. The quantitative estimate of drug-likeness (QED) is 0.367. The maximum atomic E-state index is 13.0. The van der Waals surface area contributed by atoms with Crippen LogP contribution >= 0.6 is 11.8 Å². The summed E-state index contributed by atoms with van der Waals surface area (Å²) in [5.74, 6) is -1.36. The number of nitrogens with one attached hydrogen (secondary N) is 2. The van der Waals surface area contributed by atoms with Crippen molar-refractivity contribution in [3.8, 4) is 11.5 Å². The Hall–Kier alpha value is -4.64. The second kappa shape index (κ2) is 12.3. The zero-order valence-electron chi connectivity index (χ0n) is 21.0. The highest BCUT2D eigenvalue weighted by Crippen LogP contribution is 2.34. The van der Waals surface area contributed by atoms with Crippen molar-refractivity contribution in [2.45, 2.75) is 6.92 Å². The van der Waals surface area contributed by atoms with Gasteiger partial charge in [-0.15, -0.1) is 0 Å². The van der Waals surface area contributed by atoms with Crippen LogP contribution in [-0.4, -0.2) is 48.1 Å². The molecule has 1 fully saturated rings. The number of aryl methyl sites for hydroxylation is 1. The van der Waals surface area contributed by atoms with Crippen molar-refractivity contribution < 1.29 is 33.0 Å². The standard InChI is InChI=1S/C28H24FN3O6S/c1-17-3-8-20(9-4-17)30-25(33)15-32-27(35)24(39-28(32)36)14-18-5-12-22(23(13-18)37-2)38-16-26(34)31-21-10-6-19(29)7-11-21/h3-14H,15-16H2,1-2H3,(H,30,33)(H,31,34)/b24-14-. The zero-order valence-corrected chi connectivity index (χ0v) is 21.8. The maximum absolute atomic E-state index is 13.0. The van der Waals surface area contributed by atoms with E-state index in [9.17, 15) is 23.6 Å². The molecule has 1 aliphatic heterocycles. The van der Waals surface area contributed by atoms with Crippen molar-refractivity contribution in [1.82, 2.24) is 4.90 Å². The van der Waals surface area contributed by atoms with Gasteiger partial charge in [0.15, 0.2) is 18.1 Å². The predicted octanol–water partition coefficient (Wildman–Crippen LogP) is 4.84. The molecule has 39 heavy (non-hydrogen) atoms. The van der Waals surface area contributed by atoms with E-state index in [-0.39, 0.29) is 17.3 Å². The Morgan fingerprint density at radius 1 is 0.923 bits per heavy atom. The molecular formula is C28H24FN3O6S. The lowest BCUT2D eigenvalue weighted by atomic mass is 10.2. The second-order valence-corrected chi connectivity index (χ2v) is 9.43. The maximum Gasteiger partial charge on any atom is 0.294 e. The number of anilines is 2. The molecule has 0 radical (unpaired) electrons. The molecule has 0 spiro atoms. The van der Waals surface area contributed by atoms with Crippen molar-refractivity contribution in [3.05, 3.63) is 88.6 Å². The summed E-state index contributed by atoms with van der Waals surface area (Å²) >= 11 is 0.731. The second-order valence-electron chi connectivity index (χ2n) is 8.44. The van der Waals surface area contributed by atoms with E-state index < -0.39 is 35.3 Å². The summed E-state index contributed by atoms with van der Waals surface area (Å²) in [5.41, 5.74) is 2.57. The minimum Gasteiger partial charge on any atom is -0.493 e. The van der Waals surface area contributed by atoms with Gasteiger partial charge in [0.2, 0.25) is 5.91 Å². The number of carbonyl (C=O) groups is 4. The molecule has 0 aliphatic carbocycles. The monoisotopic (exact) mass is 549 g/mol. The lowest BCUT2D eigenvalue weighted by Gasteiger charge is -2.13. The molecule has 200 valence electrons. The lowest BCUT2D eigenvalue weighted by molar-refractivity contribution is -0.127. The van der Waals surface area contributed by atoms with Gasteiger partial charge in [-0.2, -0.15) is 0 Å². The fourth-order valence-corrected chi connectivity index (χ4v) is 4.37. The Morgan fingerprint density at radius 3 is 2.23 bits per heavy atom. The molecule has 0 saturated carbocycles. The summed E-state index contributed by atoms with van der Waals surface area (Å²) in [7, 11) is 1.42. The van der Waals surface area contributed by atoms with Crippen molar-refractivity contribution in [1.29, 1.82) is 0 Å². The van der Waals surface area contributed by atoms with Gasteiger partial charge in [0.1, 0.15) is 12.4 Å². The molecule has 0 aromatic heterocycles. The van der Waals surface area contributed by atoms with E-state index >= 15 is 0 Å². The van der Waals surface area contributed by atoms with E-state index in [0.29, 0.717) is 22.7 Å². The molecule has 0 bridgehead atoms. The van der Waals surface area contributed by atoms with Gasteiger partial charge in [0.25, 0.3) is 17.1 Å². The Kier molecular flexibility index (Phi) is 8.62. The Morgan fingerprint density at radius 2 is 1.56 bits per heavy atom. The third-order valence-electron chi connectivity index (χ3n) is 5.48. The molecule has 9 nitrogen and oxygen atoms in total. The van der Waals surface area contributed by atoms with Crippen molar-refractivity contribution in [3.63, 3.8) is 0 Å². The van der Waals surface area contributed by atoms with E-state index in [4.69, 9.17) is 9.47 Å². The highest BCUT2D eigenvalue weighted by molar-refractivity contribution is 8.18. The fraction of sp³-hybridized carbons (Fsp3) is 0.143. The highest BCUT2D eigenvalue weighted by atomic mass is 32.2. The number of benzene rings is 3. The fourth-order valence-electron chi connectivity index (χ4n) is 3.54. The van der Waals surface area contributed by atoms with Gasteiger partial charge < -0.3 is 20.1 Å². The largest absolute Gasteiger partial charge is 0.493 e. The van der Waals surface area contributed by atoms with Crippen molar-refractivity contribution in [2.75, 3.05) is 30.9 Å². The van der Waals surface area contributed by atoms with Gasteiger partial charge in [-0.3, -0.25) is 24.1 Å². The smallest absolute Gasteiger partial charge is 0.294 e. The number of methoxy groups -OCH3 is 1. The van der Waals surface area contributed by atoms with Crippen LogP contribution in [-0.2, 0) is 14.4 Å². The summed E-state index contributed by atoms with van der Waals surface area (Å²) in [5, 5.41) is 4.71. The molecular weight excluding hydrogens is 525 g/mol. The predicted molar refractivity (Wildman–Crippen MR) is 146 cm³/mol. The number of thioether (sulfide) groups is 1. The number of rotatable bonds is 9. The molecule has 0 unspecified atom stereocenters. The topological polar surface area (TPSA) is 114 Å². The Labute approximate surface area is 228 Å².